The topological polar surface area (TPSA) is 49.4 Å². The molecule has 0 bridgehead atoms. The number of carbonyl (C=O) groups is 2. The van der Waals surface area contributed by atoms with Gasteiger partial charge in [-0.15, -0.1) is 0 Å². The minimum absolute atomic E-state index is 0.0948. The summed E-state index contributed by atoms with van der Waals surface area (Å²) in [5.41, 5.74) is 3.15. The SMILES string of the molecule is CCNC(=O)C(C)N(Cc1ccc(F)cc1)C(=O)CCc1ccc(CC)cc1. The molecule has 0 aromatic heterocycles. The van der Waals surface area contributed by atoms with Crippen LogP contribution in [0.4, 0.5) is 4.39 Å². The molecule has 1 N–H and O–H groups in total. The van der Waals surface area contributed by atoms with Crippen LogP contribution < -0.4 is 5.32 Å². The first-order valence-corrected chi connectivity index (χ1v) is 9.84. The Labute approximate surface area is 166 Å². The number of aryl methyl sites for hydroxylation is 2. The predicted molar refractivity (Wildman–Crippen MR) is 109 cm³/mol. The fourth-order valence-corrected chi connectivity index (χ4v) is 3.03. The van der Waals surface area contributed by atoms with Crippen LogP contribution in [0.3, 0.4) is 0 Å². The van der Waals surface area contributed by atoms with Crippen molar-refractivity contribution >= 4 is 11.8 Å². The highest BCUT2D eigenvalue weighted by Gasteiger charge is 2.25. The van der Waals surface area contributed by atoms with Crippen LogP contribution in [-0.4, -0.2) is 29.3 Å². The maximum atomic E-state index is 13.2. The minimum atomic E-state index is -0.597. The lowest BCUT2D eigenvalue weighted by Crippen LogP contribution is -2.47. The highest BCUT2D eigenvalue weighted by atomic mass is 19.1. The van der Waals surface area contributed by atoms with Crippen LogP contribution in [0, 0.1) is 5.82 Å². The molecule has 0 aliphatic rings. The van der Waals surface area contributed by atoms with Gasteiger partial charge in [-0.3, -0.25) is 9.59 Å². The van der Waals surface area contributed by atoms with Gasteiger partial charge in [-0.2, -0.15) is 0 Å². The number of rotatable bonds is 9. The van der Waals surface area contributed by atoms with E-state index in [1.807, 2.05) is 19.1 Å². The molecule has 2 amide bonds. The summed E-state index contributed by atoms with van der Waals surface area (Å²) >= 11 is 0. The monoisotopic (exact) mass is 384 g/mol. The van der Waals surface area contributed by atoms with E-state index >= 15 is 0 Å². The molecule has 0 aliphatic carbocycles. The van der Waals surface area contributed by atoms with Gasteiger partial charge in [-0.25, -0.2) is 4.39 Å². The van der Waals surface area contributed by atoms with Gasteiger partial charge < -0.3 is 10.2 Å². The van der Waals surface area contributed by atoms with Crippen molar-refractivity contribution in [1.29, 1.82) is 0 Å². The Balaban J connectivity index is 2.10. The first kappa shape index (κ1) is 21.6. The number of hydrogen-bond donors (Lipinski definition) is 1. The Morgan fingerprint density at radius 1 is 0.964 bits per heavy atom. The number of halogens is 1. The fourth-order valence-electron chi connectivity index (χ4n) is 3.03. The molecule has 0 spiro atoms. The zero-order valence-electron chi connectivity index (χ0n) is 16.9. The summed E-state index contributed by atoms with van der Waals surface area (Å²) in [6.45, 7) is 6.45. The quantitative estimate of drug-likeness (QED) is 0.713. The molecule has 0 heterocycles. The number of likely N-dealkylation sites (N-methyl/N-ethyl adjacent to an activating group) is 1. The van der Waals surface area contributed by atoms with Crippen molar-refractivity contribution in [1.82, 2.24) is 10.2 Å². The van der Waals surface area contributed by atoms with E-state index in [1.54, 1.807) is 24.0 Å². The van der Waals surface area contributed by atoms with Gasteiger partial charge in [0.15, 0.2) is 0 Å². The van der Waals surface area contributed by atoms with Crippen LogP contribution in [0.1, 0.15) is 43.9 Å². The van der Waals surface area contributed by atoms with E-state index in [0.717, 1.165) is 17.5 Å². The largest absolute Gasteiger partial charge is 0.355 e. The Morgan fingerprint density at radius 2 is 1.54 bits per heavy atom. The van der Waals surface area contributed by atoms with Crippen molar-refractivity contribution in [3.05, 3.63) is 71.0 Å². The van der Waals surface area contributed by atoms with Crippen molar-refractivity contribution in [3.8, 4) is 0 Å². The molecule has 28 heavy (non-hydrogen) atoms. The van der Waals surface area contributed by atoms with Crippen molar-refractivity contribution in [2.75, 3.05) is 6.54 Å². The molecule has 2 aromatic rings. The van der Waals surface area contributed by atoms with E-state index < -0.39 is 6.04 Å². The average Bonchev–Trinajstić information content (AvgIpc) is 2.71. The standard InChI is InChI=1S/C23H29FN2O2/c1-4-18-6-8-19(9-7-18)12-15-22(27)26(17(3)23(28)25-5-2)16-20-10-13-21(24)14-11-20/h6-11,13-14,17H,4-5,12,15-16H2,1-3H3,(H,25,28). The van der Waals surface area contributed by atoms with Gasteiger partial charge in [0.05, 0.1) is 0 Å². The van der Waals surface area contributed by atoms with Crippen molar-refractivity contribution in [2.24, 2.45) is 0 Å². The lowest BCUT2D eigenvalue weighted by molar-refractivity contribution is -0.140. The van der Waals surface area contributed by atoms with Gasteiger partial charge in [-0.05, 0) is 55.5 Å². The average molecular weight is 384 g/mol. The highest BCUT2D eigenvalue weighted by Crippen LogP contribution is 2.14. The predicted octanol–water partition coefficient (Wildman–Crippen LogP) is 3.87. The molecule has 0 saturated heterocycles. The molecule has 2 rings (SSSR count). The first-order valence-electron chi connectivity index (χ1n) is 9.84. The number of carbonyl (C=O) groups excluding carboxylic acids is 2. The molecule has 0 fully saturated rings. The number of nitrogens with one attached hydrogen (secondary N) is 1. The summed E-state index contributed by atoms with van der Waals surface area (Å²) in [5.74, 6) is -0.609. The maximum absolute atomic E-state index is 13.2. The maximum Gasteiger partial charge on any atom is 0.242 e. The molecule has 0 aliphatic heterocycles. The molecule has 0 radical (unpaired) electrons. The fraction of sp³-hybridized carbons (Fsp3) is 0.391. The van der Waals surface area contributed by atoms with E-state index in [2.05, 4.69) is 24.4 Å². The first-order chi connectivity index (χ1) is 13.4. The van der Waals surface area contributed by atoms with E-state index in [1.165, 1.54) is 17.7 Å². The molecule has 5 heteroatoms. The number of benzene rings is 2. The Morgan fingerprint density at radius 3 is 2.11 bits per heavy atom. The van der Waals surface area contributed by atoms with Crippen LogP contribution in [0.15, 0.2) is 48.5 Å². The molecular formula is C23H29FN2O2. The molecule has 1 unspecified atom stereocenters. The molecular weight excluding hydrogens is 355 g/mol. The molecule has 150 valence electrons. The van der Waals surface area contributed by atoms with E-state index in [-0.39, 0.29) is 24.2 Å². The Bertz CT molecular complexity index is 772. The van der Waals surface area contributed by atoms with Gasteiger partial charge in [0, 0.05) is 19.5 Å². The van der Waals surface area contributed by atoms with Gasteiger partial charge in [0.1, 0.15) is 11.9 Å². The normalized spacial score (nSPS) is 11.7. The Hall–Kier alpha value is -2.69. The number of nitrogens with zero attached hydrogens (tertiary/aromatic N) is 1. The van der Waals surface area contributed by atoms with E-state index in [0.29, 0.717) is 19.4 Å². The lowest BCUT2D eigenvalue weighted by atomic mass is 10.0. The van der Waals surface area contributed by atoms with E-state index in [9.17, 15) is 14.0 Å². The van der Waals surface area contributed by atoms with Crippen molar-refractivity contribution < 1.29 is 14.0 Å². The van der Waals surface area contributed by atoms with Gasteiger partial charge in [0.25, 0.3) is 0 Å². The third-order valence-corrected chi connectivity index (χ3v) is 4.84. The van der Waals surface area contributed by atoms with Crippen LogP contribution in [0.2, 0.25) is 0 Å². The summed E-state index contributed by atoms with van der Waals surface area (Å²) in [6.07, 6.45) is 1.91. The second kappa shape index (κ2) is 10.6. The summed E-state index contributed by atoms with van der Waals surface area (Å²) in [4.78, 5) is 26.8. The number of hydrogen-bond acceptors (Lipinski definition) is 2. The molecule has 1 atom stereocenters. The summed E-state index contributed by atoms with van der Waals surface area (Å²) < 4.78 is 13.2. The highest BCUT2D eigenvalue weighted by molar-refractivity contribution is 5.87. The van der Waals surface area contributed by atoms with Gasteiger partial charge >= 0.3 is 0 Å². The zero-order valence-corrected chi connectivity index (χ0v) is 16.9. The van der Waals surface area contributed by atoms with Crippen LogP contribution >= 0.6 is 0 Å². The second-order valence-corrected chi connectivity index (χ2v) is 6.89. The van der Waals surface area contributed by atoms with Crippen LogP contribution in [0.5, 0.6) is 0 Å². The van der Waals surface area contributed by atoms with Gasteiger partial charge in [0.2, 0.25) is 11.8 Å². The van der Waals surface area contributed by atoms with Crippen LogP contribution in [0.25, 0.3) is 0 Å². The van der Waals surface area contributed by atoms with E-state index in [4.69, 9.17) is 0 Å². The smallest absolute Gasteiger partial charge is 0.242 e. The molecule has 0 saturated carbocycles. The van der Waals surface area contributed by atoms with Crippen molar-refractivity contribution in [2.45, 2.75) is 52.6 Å². The van der Waals surface area contributed by atoms with Crippen molar-refractivity contribution in [3.63, 3.8) is 0 Å². The summed E-state index contributed by atoms with van der Waals surface area (Å²) in [7, 11) is 0. The second-order valence-electron chi connectivity index (χ2n) is 6.89. The third kappa shape index (κ3) is 6.19. The molecule has 4 nitrogen and oxygen atoms in total. The third-order valence-electron chi connectivity index (χ3n) is 4.84. The Kier molecular flexibility index (Phi) is 8.18. The summed E-state index contributed by atoms with van der Waals surface area (Å²) in [5, 5.41) is 2.77. The number of amides is 2. The summed E-state index contributed by atoms with van der Waals surface area (Å²) in [6, 6.07) is 13.7. The van der Waals surface area contributed by atoms with Gasteiger partial charge in [-0.1, -0.05) is 43.3 Å². The minimum Gasteiger partial charge on any atom is -0.355 e. The lowest BCUT2D eigenvalue weighted by Gasteiger charge is -2.28. The zero-order chi connectivity index (χ0) is 20.5. The van der Waals surface area contributed by atoms with Crippen LogP contribution in [-0.2, 0) is 29.0 Å². The molecule has 2 aromatic carbocycles.